The Morgan fingerprint density at radius 2 is 1.76 bits per heavy atom. The van der Waals surface area contributed by atoms with Crippen LogP contribution in [0.2, 0.25) is 0 Å². The first-order valence-electron chi connectivity index (χ1n) is 12.0. The Balaban J connectivity index is 1.19. The van der Waals surface area contributed by atoms with E-state index < -0.39 is 0 Å². The van der Waals surface area contributed by atoms with Crippen molar-refractivity contribution in [1.82, 2.24) is 14.8 Å². The van der Waals surface area contributed by atoms with Crippen molar-refractivity contribution in [2.75, 3.05) is 52.5 Å². The van der Waals surface area contributed by atoms with E-state index in [1.54, 1.807) is 0 Å². The Hall–Kier alpha value is -2.51. The average molecular weight is 448 g/mol. The largest absolute Gasteiger partial charge is 0.492 e. The van der Waals surface area contributed by atoms with E-state index in [-0.39, 0.29) is 12.0 Å². The molecule has 174 valence electrons. The van der Waals surface area contributed by atoms with Gasteiger partial charge < -0.3 is 14.6 Å². The predicted molar refractivity (Wildman–Crippen MR) is 129 cm³/mol. The van der Waals surface area contributed by atoms with E-state index in [1.165, 1.54) is 16.5 Å². The molecule has 2 aliphatic rings. The fraction of sp³-hybridized carbons (Fsp3) is 0.444. The Morgan fingerprint density at radius 1 is 0.939 bits per heavy atom. The lowest BCUT2D eigenvalue weighted by Crippen LogP contribution is -2.38. The van der Waals surface area contributed by atoms with Gasteiger partial charge in [0.05, 0.1) is 24.8 Å². The maximum absolute atomic E-state index is 10.8. The molecule has 0 unspecified atom stereocenters. The number of pyridine rings is 1. The molecule has 6 nitrogen and oxygen atoms in total. The molecule has 2 aliphatic heterocycles. The van der Waals surface area contributed by atoms with Crippen molar-refractivity contribution in [3.8, 4) is 5.75 Å². The van der Waals surface area contributed by atoms with E-state index >= 15 is 0 Å². The number of ether oxygens (including phenoxy) is 2. The summed E-state index contributed by atoms with van der Waals surface area (Å²) in [6.07, 6.45) is 2.41. The number of benzene rings is 2. The molecule has 2 saturated heterocycles. The molecule has 0 radical (unpaired) electrons. The van der Waals surface area contributed by atoms with Gasteiger partial charge in [-0.25, -0.2) is 0 Å². The van der Waals surface area contributed by atoms with Crippen molar-refractivity contribution in [3.05, 3.63) is 71.9 Å². The van der Waals surface area contributed by atoms with Crippen molar-refractivity contribution >= 4 is 10.9 Å². The highest BCUT2D eigenvalue weighted by Gasteiger charge is 2.32. The second kappa shape index (κ2) is 10.6. The lowest BCUT2D eigenvalue weighted by molar-refractivity contribution is 0.0321. The van der Waals surface area contributed by atoms with Crippen molar-refractivity contribution in [2.24, 2.45) is 5.92 Å². The third-order valence-electron chi connectivity index (χ3n) is 6.84. The molecule has 2 fully saturated rings. The minimum absolute atomic E-state index is 0.213. The summed E-state index contributed by atoms with van der Waals surface area (Å²) in [5.74, 6) is 1.16. The fourth-order valence-corrected chi connectivity index (χ4v) is 5.01. The predicted octanol–water partition coefficient (Wildman–Crippen LogP) is 2.98. The standard InChI is InChI=1S/C27H33N3O3/c31-26-20-30(19-23(26)17-21-9-10-28-25-7-3-2-6-24(21)25)18-22-5-1-4-8-27(22)33-16-13-29-11-14-32-15-12-29/h1-10,23,26,31H,11-20H2/t23-,26+/m1/s1. The first-order valence-corrected chi connectivity index (χ1v) is 12.0. The molecule has 0 spiro atoms. The number of β-amino-alcohol motifs (C(OH)–C–C–N with tert-alkyl or cyclic N) is 1. The maximum Gasteiger partial charge on any atom is 0.123 e. The second-order valence-corrected chi connectivity index (χ2v) is 9.12. The van der Waals surface area contributed by atoms with E-state index in [0.29, 0.717) is 13.2 Å². The Morgan fingerprint density at radius 3 is 2.67 bits per heavy atom. The van der Waals surface area contributed by atoms with Gasteiger partial charge in [0.2, 0.25) is 0 Å². The topological polar surface area (TPSA) is 58.1 Å². The summed E-state index contributed by atoms with van der Waals surface area (Å²) in [6.45, 7) is 7.53. The smallest absolute Gasteiger partial charge is 0.123 e. The first-order chi connectivity index (χ1) is 16.3. The number of hydrogen-bond acceptors (Lipinski definition) is 6. The monoisotopic (exact) mass is 447 g/mol. The lowest BCUT2D eigenvalue weighted by Gasteiger charge is -2.26. The summed E-state index contributed by atoms with van der Waals surface area (Å²) in [6, 6.07) is 18.6. The van der Waals surface area contributed by atoms with Crippen molar-refractivity contribution in [1.29, 1.82) is 0 Å². The van der Waals surface area contributed by atoms with E-state index in [9.17, 15) is 5.11 Å². The minimum atomic E-state index is -0.327. The molecule has 0 amide bonds. The van der Waals surface area contributed by atoms with Gasteiger partial charge in [0, 0.05) is 62.3 Å². The van der Waals surface area contributed by atoms with Crippen LogP contribution < -0.4 is 4.74 Å². The normalized spacial score (nSPS) is 22.1. The van der Waals surface area contributed by atoms with Gasteiger partial charge in [-0.05, 0) is 30.2 Å². The van der Waals surface area contributed by atoms with Gasteiger partial charge in [-0.3, -0.25) is 14.8 Å². The molecule has 3 aromatic rings. The molecule has 1 aromatic heterocycles. The minimum Gasteiger partial charge on any atom is -0.492 e. The van der Waals surface area contributed by atoms with Crippen LogP contribution in [0.25, 0.3) is 10.9 Å². The van der Waals surface area contributed by atoms with Crippen molar-refractivity contribution < 1.29 is 14.6 Å². The fourth-order valence-electron chi connectivity index (χ4n) is 5.01. The molecule has 2 aromatic carbocycles. The Kier molecular flexibility index (Phi) is 7.17. The van der Waals surface area contributed by atoms with Crippen LogP contribution in [0, 0.1) is 5.92 Å². The number of fused-ring (bicyclic) bond motifs is 1. The van der Waals surface area contributed by atoms with E-state index in [0.717, 1.165) is 63.6 Å². The molecular weight excluding hydrogens is 414 g/mol. The number of nitrogens with zero attached hydrogens (tertiary/aromatic N) is 3. The lowest BCUT2D eigenvalue weighted by atomic mass is 9.94. The summed E-state index contributed by atoms with van der Waals surface area (Å²) in [5, 5.41) is 12.0. The quantitative estimate of drug-likeness (QED) is 0.573. The van der Waals surface area contributed by atoms with Crippen LogP contribution in [0.15, 0.2) is 60.8 Å². The van der Waals surface area contributed by atoms with Gasteiger partial charge in [0.25, 0.3) is 0 Å². The zero-order valence-electron chi connectivity index (χ0n) is 19.1. The zero-order valence-corrected chi connectivity index (χ0v) is 19.1. The molecule has 0 saturated carbocycles. The molecule has 0 aliphatic carbocycles. The summed E-state index contributed by atoms with van der Waals surface area (Å²) >= 11 is 0. The summed E-state index contributed by atoms with van der Waals surface area (Å²) < 4.78 is 11.6. The highest BCUT2D eigenvalue weighted by molar-refractivity contribution is 5.81. The van der Waals surface area contributed by atoms with Crippen LogP contribution in [-0.2, 0) is 17.7 Å². The third-order valence-corrected chi connectivity index (χ3v) is 6.84. The molecule has 0 bridgehead atoms. The Bertz CT molecular complexity index is 1050. The zero-order chi connectivity index (χ0) is 22.5. The summed E-state index contributed by atoms with van der Waals surface area (Å²) in [4.78, 5) is 9.21. The average Bonchev–Trinajstić information content (AvgIpc) is 3.19. The van der Waals surface area contributed by atoms with Crippen LogP contribution in [0.5, 0.6) is 5.75 Å². The number of aromatic nitrogens is 1. The molecule has 33 heavy (non-hydrogen) atoms. The molecule has 1 N–H and O–H groups in total. The number of hydrogen-bond donors (Lipinski definition) is 1. The van der Waals surface area contributed by atoms with Crippen LogP contribution in [0.3, 0.4) is 0 Å². The van der Waals surface area contributed by atoms with E-state index in [4.69, 9.17) is 9.47 Å². The van der Waals surface area contributed by atoms with Crippen molar-refractivity contribution in [2.45, 2.75) is 19.1 Å². The van der Waals surface area contributed by atoms with Gasteiger partial charge in [0.15, 0.2) is 0 Å². The number of morpholine rings is 1. The van der Waals surface area contributed by atoms with E-state index in [2.05, 4.69) is 51.2 Å². The number of aliphatic hydroxyl groups excluding tert-OH is 1. The maximum atomic E-state index is 10.8. The molecular formula is C27H33N3O3. The molecule has 6 heteroatoms. The number of para-hydroxylation sites is 2. The van der Waals surface area contributed by atoms with Gasteiger partial charge in [0.1, 0.15) is 12.4 Å². The highest BCUT2D eigenvalue weighted by atomic mass is 16.5. The molecule has 3 heterocycles. The summed E-state index contributed by atoms with van der Waals surface area (Å²) in [7, 11) is 0. The highest BCUT2D eigenvalue weighted by Crippen LogP contribution is 2.28. The van der Waals surface area contributed by atoms with Gasteiger partial charge in [-0.2, -0.15) is 0 Å². The summed E-state index contributed by atoms with van der Waals surface area (Å²) in [5.41, 5.74) is 3.46. The van der Waals surface area contributed by atoms with Gasteiger partial charge in [-0.15, -0.1) is 0 Å². The number of aliphatic hydroxyl groups is 1. The SMILES string of the molecule is O[C@H]1CN(Cc2ccccc2OCCN2CCOCC2)C[C@H]1Cc1ccnc2ccccc12. The number of rotatable bonds is 8. The molecule has 5 rings (SSSR count). The van der Waals surface area contributed by atoms with E-state index in [1.807, 2.05) is 24.4 Å². The van der Waals surface area contributed by atoms with Crippen molar-refractivity contribution in [3.63, 3.8) is 0 Å². The van der Waals surface area contributed by atoms with Gasteiger partial charge >= 0.3 is 0 Å². The van der Waals surface area contributed by atoms with Gasteiger partial charge in [-0.1, -0.05) is 36.4 Å². The Labute approximate surface area is 195 Å². The van der Waals surface area contributed by atoms with Crippen LogP contribution in [0.4, 0.5) is 0 Å². The van der Waals surface area contributed by atoms with Crippen LogP contribution in [-0.4, -0.2) is 78.5 Å². The van der Waals surface area contributed by atoms with Crippen LogP contribution >= 0.6 is 0 Å². The third kappa shape index (κ3) is 5.53. The second-order valence-electron chi connectivity index (χ2n) is 9.12. The number of likely N-dealkylation sites (tertiary alicyclic amines) is 1. The molecule has 2 atom stereocenters. The first kappa shape index (κ1) is 22.3. The van der Waals surface area contributed by atoms with Crippen LogP contribution in [0.1, 0.15) is 11.1 Å².